The molecule has 1 aliphatic rings. The first-order chi connectivity index (χ1) is 8.93. The van der Waals surface area contributed by atoms with E-state index >= 15 is 0 Å². The van der Waals surface area contributed by atoms with Crippen LogP contribution in [0.4, 0.5) is 0 Å². The molecule has 0 unspecified atom stereocenters. The van der Waals surface area contributed by atoms with Crippen molar-refractivity contribution < 1.29 is 19.7 Å². The van der Waals surface area contributed by atoms with Gasteiger partial charge < -0.3 is 19.8 Å². The molecule has 1 amide bonds. The van der Waals surface area contributed by atoms with Crippen LogP contribution in [0, 0.1) is 0 Å². The maximum atomic E-state index is 12.2. The van der Waals surface area contributed by atoms with Crippen LogP contribution in [0.25, 0.3) is 0 Å². The predicted octanol–water partition coefficient (Wildman–Crippen LogP) is 1.18. The van der Waals surface area contributed by atoms with E-state index < -0.39 is 12.2 Å². The number of carbonyl (C=O) groups excluding carboxylic acids is 1. The number of aliphatic hydroxyl groups excluding tert-OH is 2. The third-order valence-electron chi connectivity index (χ3n) is 3.00. The maximum absolute atomic E-state index is 12.2. The van der Waals surface area contributed by atoms with E-state index in [1.54, 1.807) is 0 Å². The quantitative estimate of drug-likeness (QED) is 0.861. The number of rotatable bonds is 2. The molecule has 1 aromatic carbocycles. The Kier molecular flexibility index (Phi) is 4.20. The smallest absolute Gasteiger partial charge is 0.254 e. The fraction of sp³-hybridized carbons (Fsp3) is 0.417. The van der Waals surface area contributed by atoms with Crippen LogP contribution in [0.3, 0.4) is 0 Å². The van der Waals surface area contributed by atoms with Crippen LogP contribution in [0.1, 0.15) is 10.4 Å². The van der Waals surface area contributed by atoms with Gasteiger partial charge in [-0.15, -0.1) is 0 Å². The van der Waals surface area contributed by atoms with Crippen LogP contribution in [0.5, 0.6) is 5.75 Å². The second-order valence-electron chi connectivity index (χ2n) is 4.32. The third kappa shape index (κ3) is 2.79. The Morgan fingerprint density at radius 3 is 2.16 bits per heavy atom. The Morgan fingerprint density at radius 2 is 1.74 bits per heavy atom. The number of ether oxygens (including phenoxy) is 1. The van der Waals surface area contributed by atoms with E-state index in [9.17, 15) is 15.0 Å². The SMILES string of the molecule is COc1c(Cl)cc(C(=O)N2C[C@@H](O)[C@@H](O)C2)cc1Cl. The zero-order valence-electron chi connectivity index (χ0n) is 10.1. The summed E-state index contributed by atoms with van der Waals surface area (Å²) in [5, 5.41) is 19.3. The molecule has 0 aliphatic carbocycles. The lowest BCUT2D eigenvalue weighted by Gasteiger charge is -2.16. The van der Waals surface area contributed by atoms with Crippen molar-refractivity contribution in [3.8, 4) is 5.75 Å². The molecule has 2 rings (SSSR count). The molecule has 1 aromatic rings. The molecule has 1 fully saturated rings. The average Bonchev–Trinajstić information content (AvgIpc) is 2.68. The average molecular weight is 306 g/mol. The van der Waals surface area contributed by atoms with Crippen molar-refractivity contribution in [2.24, 2.45) is 0 Å². The van der Waals surface area contributed by atoms with E-state index in [0.29, 0.717) is 5.75 Å². The molecule has 5 nitrogen and oxygen atoms in total. The molecule has 0 aromatic heterocycles. The van der Waals surface area contributed by atoms with Crippen LogP contribution in [0.2, 0.25) is 10.0 Å². The Bertz CT molecular complexity index is 475. The number of carbonyl (C=O) groups is 1. The number of hydrogen-bond acceptors (Lipinski definition) is 4. The Morgan fingerprint density at radius 1 is 1.26 bits per heavy atom. The summed E-state index contributed by atoms with van der Waals surface area (Å²) in [6.45, 7) is 0.169. The summed E-state index contributed by atoms with van der Waals surface area (Å²) in [6, 6.07) is 2.90. The Hall–Kier alpha value is -1.01. The molecule has 1 aliphatic heterocycles. The van der Waals surface area contributed by atoms with Crippen LogP contribution in [-0.4, -0.2) is 53.4 Å². The summed E-state index contributed by atoms with van der Waals surface area (Å²) >= 11 is 11.9. The van der Waals surface area contributed by atoms with Crippen molar-refractivity contribution in [3.63, 3.8) is 0 Å². The van der Waals surface area contributed by atoms with Gasteiger partial charge in [0, 0.05) is 18.7 Å². The van der Waals surface area contributed by atoms with Crippen molar-refractivity contribution in [3.05, 3.63) is 27.7 Å². The van der Waals surface area contributed by atoms with E-state index in [2.05, 4.69) is 0 Å². The highest BCUT2D eigenvalue weighted by molar-refractivity contribution is 6.37. The highest BCUT2D eigenvalue weighted by Gasteiger charge is 2.33. The highest BCUT2D eigenvalue weighted by Crippen LogP contribution is 2.34. The van der Waals surface area contributed by atoms with Gasteiger partial charge in [0.05, 0.1) is 29.4 Å². The monoisotopic (exact) mass is 305 g/mol. The lowest BCUT2D eigenvalue weighted by Crippen LogP contribution is -2.29. The van der Waals surface area contributed by atoms with Gasteiger partial charge in [-0.3, -0.25) is 4.79 Å². The minimum Gasteiger partial charge on any atom is -0.494 e. The van der Waals surface area contributed by atoms with Crippen molar-refractivity contribution >= 4 is 29.1 Å². The van der Waals surface area contributed by atoms with E-state index in [-0.39, 0.29) is 34.6 Å². The molecule has 2 atom stereocenters. The van der Waals surface area contributed by atoms with E-state index in [4.69, 9.17) is 27.9 Å². The van der Waals surface area contributed by atoms with Crippen LogP contribution in [-0.2, 0) is 0 Å². The van der Waals surface area contributed by atoms with Gasteiger partial charge in [-0.1, -0.05) is 23.2 Å². The second-order valence-corrected chi connectivity index (χ2v) is 5.13. The lowest BCUT2D eigenvalue weighted by molar-refractivity contribution is 0.0572. The van der Waals surface area contributed by atoms with Gasteiger partial charge in [0.1, 0.15) is 0 Å². The number of hydrogen-bond donors (Lipinski definition) is 2. The summed E-state index contributed by atoms with van der Waals surface area (Å²) in [6.07, 6.45) is -1.85. The largest absolute Gasteiger partial charge is 0.494 e. The first kappa shape index (κ1) is 14.4. The number of benzene rings is 1. The molecule has 0 saturated carbocycles. The summed E-state index contributed by atoms with van der Waals surface area (Å²) in [4.78, 5) is 13.5. The number of nitrogens with zero attached hydrogens (tertiary/aromatic N) is 1. The second kappa shape index (κ2) is 5.54. The van der Waals surface area contributed by atoms with Crippen molar-refractivity contribution in [1.82, 2.24) is 4.90 Å². The number of halogens is 2. The van der Waals surface area contributed by atoms with Crippen LogP contribution in [0.15, 0.2) is 12.1 Å². The lowest BCUT2D eigenvalue weighted by atomic mass is 10.2. The van der Waals surface area contributed by atoms with Gasteiger partial charge in [-0.25, -0.2) is 0 Å². The molecular weight excluding hydrogens is 293 g/mol. The number of β-amino-alcohol motifs (C(OH)–C–C–N with tert-alkyl or cyclic N) is 2. The Labute approximate surface area is 120 Å². The van der Waals surface area contributed by atoms with Gasteiger partial charge in [-0.2, -0.15) is 0 Å². The molecule has 0 radical (unpaired) electrons. The molecule has 0 bridgehead atoms. The fourth-order valence-corrected chi connectivity index (χ4v) is 2.64. The molecule has 0 spiro atoms. The molecule has 1 heterocycles. The van der Waals surface area contributed by atoms with Gasteiger partial charge in [-0.05, 0) is 12.1 Å². The zero-order valence-corrected chi connectivity index (χ0v) is 11.6. The summed E-state index contributed by atoms with van der Waals surface area (Å²) in [7, 11) is 1.43. The number of amides is 1. The minimum atomic E-state index is -0.923. The van der Waals surface area contributed by atoms with Crippen molar-refractivity contribution in [1.29, 1.82) is 0 Å². The number of methoxy groups -OCH3 is 1. The van der Waals surface area contributed by atoms with E-state index in [0.717, 1.165) is 0 Å². The summed E-state index contributed by atoms with van der Waals surface area (Å²) < 4.78 is 5.00. The third-order valence-corrected chi connectivity index (χ3v) is 3.56. The van der Waals surface area contributed by atoms with Crippen LogP contribution < -0.4 is 4.74 Å². The van der Waals surface area contributed by atoms with Crippen molar-refractivity contribution in [2.75, 3.05) is 20.2 Å². The van der Waals surface area contributed by atoms with Gasteiger partial charge in [0.2, 0.25) is 0 Å². The number of likely N-dealkylation sites (tertiary alicyclic amines) is 1. The minimum absolute atomic E-state index is 0.0846. The molecule has 19 heavy (non-hydrogen) atoms. The maximum Gasteiger partial charge on any atom is 0.254 e. The van der Waals surface area contributed by atoms with Gasteiger partial charge >= 0.3 is 0 Å². The normalized spacial score (nSPS) is 22.7. The zero-order chi connectivity index (χ0) is 14.2. The summed E-state index contributed by atoms with van der Waals surface area (Å²) in [5.41, 5.74) is 0.289. The highest BCUT2D eigenvalue weighted by atomic mass is 35.5. The molecule has 2 N–H and O–H groups in total. The topological polar surface area (TPSA) is 70.0 Å². The Balaban J connectivity index is 2.25. The molecule has 104 valence electrons. The molecule has 1 saturated heterocycles. The standard InChI is InChI=1S/C12H13Cl2NO4/c1-19-11-7(13)2-6(3-8(11)14)12(18)15-4-9(16)10(17)5-15/h2-3,9-10,16-17H,4-5H2,1H3/t9-,10+. The first-order valence-electron chi connectivity index (χ1n) is 5.62. The van der Waals surface area contributed by atoms with Gasteiger partial charge in [0.25, 0.3) is 5.91 Å². The fourth-order valence-electron chi connectivity index (χ4n) is 2.00. The van der Waals surface area contributed by atoms with Crippen LogP contribution >= 0.6 is 23.2 Å². The first-order valence-corrected chi connectivity index (χ1v) is 6.38. The van der Waals surface area contributed by atoms with E-state index in [1.165, 1.54) is 24.1 Å². The number of aliphatic hydroxyl groups is 2. The van der Waals surface area contributed by atoms with Crippen molar-refractivity contribution in [2.45, 2.75) is 12.2 Å². The van der Waals surface area contributed by atoms with Gasteiger partial charge in [0.15, 0.2) is 5.75 Å². The predicted molar refractivity (Wildman–Crippen MR) is 70.9 cm³/mol. The molecular formula is C12H13Cl2NO4. The van der Waals surface area contributed by atoms with E-state index in [1.807, 2.05) is 0 Å². The summed E-state index contributed by atoms with van der Waals surface area (Å²) in [5.74, 6) is -0.0385. The molecule has 7 heteroatoms.